The first-order valence-corrected chi connectivity index (χ1v) is 10.1. The molecule has 0 atom stereocenters. The molecule has 0 amide bonds. The number of Topliss-reactive ketones (excluding diaryl/α,β-unsaturated/α-hetero) is 2. The minimum atomic E-state index is -1.39. The molecule has 0 aromatic heterocycles. The average Bonchev–Trinajstić information content (AvgIpc) is 2.62. The second kappa shape index (κ2) is 8.80. The van der Waals surface area contributed by atoms with Gasteiger partial charge < -0.3 is 10.2 Å². The lowest BCUT2D eigenvalue weighted by molar-refractivity contribution is 0.0487. The molecule has 0 unspecified atom stereocenters. The summed E-state index contributed by atoms with van der Waals surface area (Å²) in [6.45, 7) is 11.3. The summed E-state index contributed by atoms with van der Waals surface area (Å²) in [5.74, 6) is -0.580. The van der Waals surface area contributed by atoms with Crippen molar-refractivity contribution in [2.24, 2.45) is 0 Å². The molecule has 0 aliphatic carbocycles. The van der Waals surface area contributed by atoms with Gasteiger partial charge in [-0.05, 0) is 83.0 Å². The van der Waals surface area contributed by atoms with Crippen molar-refractivity contribution in [3.63, 3.8) is 0 Å². The quantitative estimate of drug-likeness (QED) is 0.645. The van der Waals surface area contributed by atoms with Crippen LogP contribution in [0.25, 0.3) is 0 Å². The van der Waals surface area contributed by atoms with Crippen molar-refractivity contribution in [1.29, 1.82) is 0 Å². The number of hydrogen-bond donors (Lipinski definition) is 2. The zero-order valence-corrected chi connectivity index (χ0v) is 19.0. The summed E-state index contributed by atoms with van der Waals surface area (Å²) in [6.07, 6.45) is 0. The van der Waals surface area contributed by atoms with Crippen LogP contribution in [0, 0.1) is 13.8 Å². The van der Waals surface area contributed by atoms with Crippen LogP contribution in [-0.2, 0) is 13.1 Å². The third-order valence-electron chi connectivity index (χ3n) is 5.20. The fourth-order valence-corrected chi connectivity index (χ4v) is 3.37. The normalized spacial score (nSPS) is 12.3. The second-order valence-electron chi connectivity index (χ2n) is 9.23. The maximum absolute atomic E-state index is 12.3. The van der Waals surface area contributed by atoms with Gasteiger partial charge in [-0.1, -0.05) is 24.3 Å². The summed E-state index contributed by atoms with van der Waals surface area (Å²) in [5.41, 5.74) is 2.46. The molecule has 0 saturated heterocycles. The summed E-state index contributed by atoms with van der Waals surface area (Å²) in [7, 11) is 2.02. The molecule has 0 bridgehead atoms. The Balaban J connectivity index is 2.12. The van der Waals surface area contributed by atoms with E-state index in [1.807, 2.05) is 45.2 Å². The summed E-state index contributed by atoms with van der Waals surface area (Å²) in [4.78, 5) is 26.7. The number of aryl methyl sites for hydroxylation is 2. The molecule has 2 rings (SSSR count). The smallest absolute Gasteiger partial charge is 0.193 e. The molecule has 0 radical (unpaired) electrons. The highest BCUT2D eigenvalue weighted by molar-refractivity contribution is 6.02. The van der Waals surface area contributed by atoms with Crippen LogP contribution in [0.2, 0.25) is 0 Å². The fourth-order valence-electron chi connectivity index (χ4n) is 3.37. The van der Waals surface area contributed by atoms with Crippen molar-refractivity contribution >= 4 is 11.6 Å². The first kappa shape index (κ1) is 23.9. The van der Waals surface area contributed by atoms with E-state index in [-0.39, 0.29) is 11.6 Å². The van der Waals surface area contributed by atoms with Gasteiger partial charge in [0, 0.05) is 24.2 Å². The Hall–Kier alpha value is -2.34. The Morgan fingerprint density at radius 3 is 1.37 bits per heavy atom. The van der Waals surface area contributed by atoms with Crippen LogP contribution < -0.4 is 0 Å². The standard InChI is InChI=1S/C25H33NO4/c1-16-12-18(22(27)24(3,4)29)8-10-20(16)14-26(7)15-21-11-9-19(13-17(21)2)23(28)25(5,6)30/h8-13,29-30H,14-15H2,1-7H3. The van der Waals surface area contributed by atoms with Crippen molar-refractivity contribution in [3.05, 3.63) is 69.8 Å². The number of carbonyl (C=O) groups is 2. The van der Waals surface area contributed by atoms with Gasteiger partial charge in [-0.25, -0.2) is 0 Å². The largest absolute Gasteiger partial charge is 0.382 e. The van der Waals surface area contributed by atoms with E-state index in [1.54, 1.807) is 12.1 Å². The number of aliphatic hydroxyl groups is 2. The third kappa shape index (κ3) is 5.85. The van der Waals surface area contributed by atoms with Crippen LogP contribution in [0.5, 0.6) is 0 Å². The molecule has 0 aliphatic heterocycles. The Labute approximate surface area is 179 Å². The number of hydrogen-bond acceptors (Lipinski definition) is 5. The SMILES string of the molecule is Cc1cc(C(=O)C(C)(C)O)ccc1CN(C)Cc1ccc(C(=O)C(C)(C)O)cc1C. The molecule has 2 aromatic carbocycles. The van der Waals surface area contributed by atoms with E-state index in [0.717, 1.165) is 22.3 Å². The highest BCUT2D eigenvalue weighted by Crippen LogP contribution is 2.21. The van der Waals surface area contributed by atoms with Gasteiger partial charge in [0.25, 0.3) is 0 Å². The highest BCUT2D eigenvalue weighted by atomic mass is 16.3. The van der Waals surface area contributed by atoms with Crippen molar-refractivity contribution in [3.8, 4) is 0 Å². The fraction of sp³-hybridized carbons (Fsp3) is 0.440. The lowest BCUT2D eigenvalue weighted by atomic mass is 9.93. The van der Waals surface area contributed by atoms with E-state index in [1.165, 1.54) is 27.7 Å². The number of benzene rings is 2. The van der Waals surface area contributed by atoms with Gasteiger partial charge in [0.15, 0.2) is 11.6 Å². The average molecular weight is 412 g/mol. The van der Waals surface area contributed by atoms with Crippen LogP contribution in [-0.4, -0.2) is 44.9 Å². The molecule has 0 fully saturated rings. The van der Waals surface area contributed by atoms with Crippen LogP contribution in [0.4, 0.5) is 0 Å². The van der Waals surface area contributed by atoms with E-state index in [4.69, 9.17) is 0 Å². The maximum Gasteiger partial charge on any atom is 0.193 e. The monoisotopic (exact) mass is 411 g/mol. The van der Waals surface area contributed by atoms with Crippen molar-refractivity contribution < 1.29 is 19.8 Å². The van der Waals surface area contributed by atoms with Crippen LogP contribution in [0.15, 0.2) is 36.4 Å². The lowest BCUT2D eigenvalue weighted by Gasteiger charge is -2.21. The van der Waals surface area contributed by atoms with E-state index in [2.05, 4.69) is 4.90 Å². The van der Waals surface area contributed by atoms with Crippen molar-refractivity contribution in [1.82, 2.24) is 4.90 Å². The topological polar surface area (TPSA) is 77.8 Å². The molecular weight excluding hydrogens is 378 g/mol. The summed E-state index contributed by atoms with van der Waals surface area (Å²) >= 11 is 0. The van der Waals surface area contributed by atoms with Gasteiger partial charge >= 0.3 is 0 Å². The molecule has 0 aliphatic rings. The first-order chi connectivity index (χ1) is 13.7. The predicted molar refractivity (Wildman–Crippen MR) is 119 cm³/mol. The number of rotatable bonds is 8. The van der Waals surface area contributed by atoms with Crippen molar-refractivity contribution in [2.45, 2.75) is 65.8 Å². The van der Waals surface area contributed by atoms with Crippen LogP contribution >= 0.6 is 0 Å². The molecule has 2 N–H and O–H groups in total. The molecule has 0 spiro atoms. The highest BCUT2D eigenvalue weighted by Gasteiger charge is 2.26. The molecule has 0 heterocycles. The first-order valence-electron chi connectivity index (χ1n) is 10.1. The van der Waals surface area contributed by atoms with E-state index < -0.39 is 11.2 Å². The van der Waals surface area contributed by atoms with Crippen LogP contribution in [0.3, 0.4) is 0 Å². The Bertz CT molecular complexity index is 871. The van der Waals surface area contributed by atoms with Gasteiger partial charge in [-0.15, -0.1) is 0 Å². The van der Waals surface area contributed by atoms with Gasteiger partial charge in [-0.2, -0.15) is 0 Å². The second-order valence-corrected chi connectivity index (χ2v) is 9.23. The number of nitrogens with zero attached hydrogens (tertiary/aromatic N) is 1. The third-order valence-corrected chi connectivity index (χ3v) is 5.20. The zero-order chi connectivity index (χ0) is 22.9. The molecule has 30 heavy (non-hydrogen) atoms. The molecule has 0 saturated carbocycles. The Kier molecular flexibility index (Phi) is 7.02. The maximum atomic E-state index is 12.3. The molecular formula is C25H33NO4. The van der Waals surface area contributed by atoms with Crippen molar-refractivity contribution in [2.75, 3.05) is 7.05 Å². The minimum absolute atomic E-state index is 0.290. The van der Waals surface area contributed by atoms with Gasteiger partial charge in [0.2, 0.25) is 0 Å². The summed E-state index contributed by atoms with van der Waals surface area (Å²) in [6, 6.07) is 11.0. The minimum Gasteiger partial charge on any atom is -0.382 e. The lowest BCUT2D eigenvalue weighted by Crippen LogP contribution is -2.31. The molecule has 2 aromatic rings. The molecule has 5 nitrogen and oxygen atoms in total. The Morgan fingerprint density at radius 1 is 0.767 bits per heavy atom. The predicted octanol–water partition coefficient (Wildman–Crippen LogP) is 3.84. The van der Waals surface area contributed by atoms with E-state index in [9.17, 15) is 19.8 Å². The van der Waals surface area contributed by atoms with Gasteiger partial charge in [0.1, 0.15) is 11.2 Å². The van der Waals surface area contributed by atoms with E-state index >= 15 is 0 Å². The molecule has 5 heteroatoms. The van der Waals surface area contributed by atoms with Crippen LogP contribution in [0.1, 0.15) is 70.7 Å². The zero-order valence-electron chi connectivity index (χ0n) is 19.0. The van der Waals surface area contributed by atoms with Gasteiger partial charge in [-0.3, -0.25) is 14.5 Å². The van der Waals surface area contributed by atoms with Gasteiger partial charge in [0.05, 0.1) is 0 Å². The number of ketones is 2. The van der Waals surface area contributed by atoms with E-state index in [0.29, 0.717) is 24.2 Å². The Morgan fingerprint density at radius 2 is 1.10 bits per heavy atom. The number of carbonyl (C=O) groups excluding carboxylic acids is 2. The summed E-state index contributed by atoms with van der Waals surface area (Å²) < 4.78 is 0. The molecule has 162 valence electrons. The summed E-state index contributed by atoms with van der Waals surface area (Å²) in [5, 5.41) is 19.9.